The van der Waals surface area contributed by atoms with Crippen LogP contribution >= 0.6 is 0 Å². The number of hydrogen-bond donors (Lipinski definition) is 1. The first-order valence-corrected chi connectivity index (χ1v) is 14.2. The van der Waals surface area contributed by atoms with Crippen molar-refractivity contribution in [3.63, 3.8) is 0 Å². The van der Waals surface area contributed by atoms with Gasteiger partial charge in [0.25, 0.3) is 17.6 Å². The highest BCUT2D eigenvalue weighted by molar-refractivity contribution is 7.89. The van der Waals surface area contributed by atoms with Gasteiger partial charge < -0.3 is 19.8 Å². The van der Waals surface area contributed by atoms with Gasteiger partial charge in [0, 0.05) is 44.9 Å². The van der Waals surface area contributed by atoms with Crippen LogP contribution in [0.1, 0.15) is 30.9 Å². The molecule has 1 atom stereocenters. The molecule has 1 saturated heterocycles. The molecule has 1 fully saturated rings. The summed E-state index contributed by atoms with van der Waals surface area (Å²) in [6.07, 6.45) is 1.52. The van der Waals surface area contributed by atoms with Gasteiger partial charge in [-0.2, -0.15) is 0 Å². The maximum atomic E-state index is 14.4. The molecule has 1 spiro atoms. The number of ketones is 1. The van der Waals surface area contributed by atoms with Crippen LogP contribution in [0.2, 0.25) is 0 Å². The Kier molecular flexibility index (Phi) is 7.70. The van der Waals surface area contributed by atoms with Crippen molar-refractivity contribution in [2.24, 2.45) is 0 Å². The average molecular weight is 555 g/mol. The summed E-state index contributed by atoms with van der Waals surface area (Å²) < 4.78 is 26.6. The van der Waals surface area contributed by atoms with E-state index in [1.165, 1.54) is 43.3 Å². The lowest BCUT2D eigenvalue weighted by atomic mass is 9.82. The summed E-state index contributed by atoms with van der Waals surface area (Å²) in [6, 6.07) is 12.5. The van der Waals surface area contributed by atoms with Crippen LogP contribution in [0.25, 0.3) is 5.76 Å². The molecule has 0 unspecified atom stereocenters. The Hall–Kier alpha value is -3.54. The van der Waals surface area contributed by atoms with Crippen LogP contribution in [0.5, 0.6) is 0 Å². The minimum absolute atomic E-state index is 0.0141. The Labute approximate surface area is 229 Å². The number of likely N-dealkylation sites (tertiary alicyclic amines) is 1. The van der Waals surface area contributed by atoms with Crippen LogP contribution in [0, 0.1) is 0 Å². The zero-order valence-corrected chi connectivity index (χ0v) is 23.7. The zero-order valence-electron chi connectivity index (χ0n) is 22.8. The van der Waals surface area contributed by atoms with Crippen LogP contribution in [0.4, 0.5) is 5.69 Å². The van der Waals surface area contributed by atoms with Crippen LogP contribution in [0.15, 0.2) is 59.0 Å². The van der Waals surface area contributed by atoms with Crippen molar-refractivity contribution in [1.82, 2.24) is 14.1 Å². The summed E-state index contributed by atoms with van der Waals surface area (Å²) in [6.45, 7) is 2.81. The molecule has 2 aromatic carbocycles. The number of likely N-dealkylation sites (N-methyl/N-ethyl adjacent to an activating group) is 1. The van der Waals surface area contributed by atoms with Crippen molar-refractivity contribution in [3.05, 3.63) is 65.2 Å². The van der Waals surface area contributed by atoms with Crippen LogP contribution in [0.3, 0.4) is 0 Å². The van der Waals surface area contributed by atoms with Gasteiger partial charge in [-0.3, -0.25) is 14.4 Å². The summed E-state index contributed by atoms with van der Waals surface area (Å²) in [5.74, 6) is -2.98. The predicted molar refractivity (Wildman–Crippen MR) is 148 cm³/mol. The molecule has 11 heteroatoms. The lowest BCUT2D eigenvalue weighted by Crippen LogP contribution is -2.53. The third kappa shape index (κ3) is 4.44. The number of benzene rings is 2. The van der Waals surface area contributed by atoms with Crippen molar-refractivity contribution in [1.29, 1.82) is 0 Å². The molecule has 2 heterocycles. The van der Waals surface area contributed by atoms with Crippen LogP contribution in [-0.2, 0) is 29.9 Å². The largest absolute Gasteiger partial charge is 0.507 e. The number of aliphatic hydroxyl groups is 1. The first-order valence-electron chi connectivity index (χ1n) is 12.8. The molecular weight excluding hydrogens is 520 g/mol. The minimum atomic E-state index is -3.86. The van der Waals surface area contributed by atoms with E-state index in [0.717, 1.165) is 10.7 Å². The summed E-state index contributed by atoms with van der Waals surface area (Å²) in [4.78, 5) is 46.2. The smallest absolute Gasteiger partial charge is 0.296 e. The monoisotopic (exact) mass is 554 g/mol. The Morgan fingerprint density at radius 3 is 2.31 bits per heavy atom. The molecule has 208 valence electrons. The van der Waals surface area contributed by atoms with Gasteiger partial charge in [-0.15, -0.1) is 0 Å². The van der Waals surface area contributed by atoms with Gasteiger partial charge in [0.2, 0.25) is 10.0 Å². The highest BCUT2D eigenvalue weighted by Crippen LogP contribution is 2.53. The molecule has 10 nitrogen and oxygen atoms in total. The molecule has 1 N–H and O–H groups in total. The summed E-state index contributed by atoms with van der Waals surface area (Å²) >= 11 is 0. The number of sulfonamides is 1. The van der Waals surface area contributed by atoms with Crippen LogP contribution < -0.4 is 4.90 Å². The summed E-state index contributed by atoms with van der Waals surface area (Å²) in [5, 5.41) is 11.7. The molecule has 0 aliphatic carbocycles. The van der Waals surface area contributed by atoms with Gasteiger partial charge in [0.05, 0.1) is 16.2 Å². The number of amides is 2. The van der Waals surface area contributed by atoms with Crippen molar-refractivity contribution >= 4 is 39.1 Å². The molecule has 0 radical (unpaired) electrons. The predicted octanol–water partition coefficient (Wildman–Crippen LogP) is 2.22. The van der Waals surface area contributed by atoms with E-state index in [9.17, 15) is 27.9 Å². The first-order chi connectivity index (χ1) is 18.4. The molecule has 2 aliphatic rings. The van der Waals surface area contributed by atoms with Crippen molar-refractivity contribution in [2.45, 2.75) is 30.2 Å². The molecule has 0 saturated carbocycles. The summed E-state index contributed by atoms with van der Waals surface area (Å²) in [7, 11) is 2.55. The highest BCUT2D eigenvalue weighted by atomic mass is 32.2. The van der Waals surface area contributed by atoms with E-state index in [2.05, 4.69) is 0 Å². The van der Waals surface area contributed by atoms with E-state index < -0.39 is 38.9 Å². The SMILES string of the molecule is CCCCN1C(=O)[C@@]2(C(=C(O)c3cccc(S(=O)(=O)N(C)C)c3)C(=O)C(=O)N2CCN(C)C)c2ccccc21. The quantitative estimate of drug-likeness (QED) is 0.287. The maximum absolute atomic E-state index is 14.4. The van der Waals surface area contributed by atoms with Gasteiger partial charge >= 0.3 is 0 Å². The van der Waals surface area contributed by atoms with Crippen molar-refractivity contribution in [3.8, 4) is 0 Å². The average Bonchev–Trinajstić information content (AvgIpc) is 3.28. The Balaban J connectivity index is 2.03. The number of nitrogens with zero attached hydrogens (tertiary/aromatic N) is 4. The van der Waals surface area contributed by atoms with Crippen molar-refractivity contribution in [2.75, 3.05) is 52.7 Å². The third-order valence-electron chi connectivity index (χ3n) is 7.20. The lowest BCUT2D eigenvalue weighted by Gasteiger charge is -2.35. The fourth-order valence-electron chi connectivity index (χ4n) is 5.16. The van der Waals surface area contributed by atoms with Gasteiger partial charge in [0.1, 0.15) is 5.76 Å². The number of fused-ring (bicyclic) bond motifs is 2. The number of carbonyl (C=O) groups is 3. The lowest BCUT2D eigenvalue weighted by molar-refractivity contribution is -0.143. The van der Waals surface area contributed by atoms with Gasteiger partial charge in [0.15, 0.2) is 5.54 Å². The Morgan fingerprint density at radius 2 is 1.67 bits per heavy atom. The number of anilines is 1. The van der Waals surface area contributed by atoms with Crippen molar-refractivity contribution < 1.29 is 27.9 Å². The molecule has 39 heavy (non-hydrogen) atoms. The first kappa shape index (κ1) is 28.5. The Bertz CT molecular complexity index is 1470. The number of aliphatic hydroxyl groups excluding tert-OH is 1. The maximum Gasteiger partial charge on any atom is 0.296 e. The second-order valence-corrected chi connectivity index (χ2v) is 12.3. The van der Waals surface area contributed by atoms with Gasteiger partial charge in [-0.25, -0.2) is 12.7 Å². The fourth-order valence-corrected chi connectivity index (χ4v) is 6.11. The Morgan fingerprint density at radius 1 is 0.974 bits per heavy atom. The van der Waals surface area contributed by atoms with E-state index in [1.807, 2.05) is 25.9 Å². The minimum Gasteiger partial charge on any atom is -0.507 e. The molecule has 2 aliphatic heterocycles. The van der Waals surface area contributed by atoms with E-state index in [0.29, 0.717) is 30.8 Å². The molecule has 0 bridgehead atoms. The van der Waals surface area contributed by atoms with Crippen LogP contribution in [-0.4, -0.2) is 93.1 Å². The summed E-state index contributed by atoms with van der Waals surface area (Å²) in [5.41, 5.74) is -1.22. The molecule has 2 aromatic rings. The van der Waals surface area contributed by atoms with Gasteiger partial charge in [-0.1, -0.05) is 43.7 Å². The van der Waals surface area contributed by atoms with E-state index in [-0.39, 0.29) is 22.6 Å². The normalized spacial score (nSPS) is 20.6. The van der Waals surface area contributed by atoms with E-state index in [1.54, 1.807) is 29.2 Å². The second-order valence-electron chi connectivity index (χ2n) is 10.2. The number of para-hydroxylation sites is 1. The molecule has 2 amide bonds. The fraction of sp³-hybridized carbons (Fsp3) is 0.393. The van der Waals surface area contributed by atoms with E-state index >= 15 is 0 Å². The number of rotatable bonds is 9. The topological polar surface area (TPSA) is 119 Å². The molecule has 0 aromatic heterocycles. The number of hydrogen-bond acceptors (Lipinski definition) is 7. The number of unbranched alkanes of at least 4 members (excludes halogenated alkanes) is 1. The number of Topliss-reactive ketones (excluding diaryl/α,β-unsaturated/α-hetero) is 1. The zero-order chi connectivity index (χ0) is 28.7. The third-order valence-corrected chi connectivity index (χ3v) is 9.01. The van der Waals surface area contributed by atoms with E-state index in [4.69, 9.17) is 0 Å². The second kappa shape index (κ2) is 10.6. The standard InChI is InChI=1S/C28H34N4O6S/c1-6-7-15-31-22-14-9-8-13-21(22)28(27(31)36)23(25(34)26(35)32(28)17-16-29(2)3)24(33)19-11-10-12-20(18-19)39(37,38)30(4)5/h8-14,18,33H,6-7,15-17H2,1-5H3/t28-/m0/s1. The molecule has 4 rings (SSSR count). The highest BCUT2D eigenvalue weighted by Gasteiger charge is 2.66. The number of carbonyl (C=O) groups excluding carboxylic acids is 3. The van der Waals surface area contributed by atoms with Gasteiger partial charge in [-0.05, 0) is 38.7 Å². The molecular formula is C28H34N4O6S.